The van der Waals surface area contributed by atoms with E-state index in [2.05, 4.69) is 70.7 Å². The molecule has 5 unspecified atom stereocenters. The van der Waals surface area contributed by atoms with Gasteiger partial charge in [0.05, 0.1) is 5.69 Å². The number of imidazole rings is 1. The molecule has 44 heavy (non-hydrogen) atoms. The lowest BCUT2D eigenvalue weighted by molar-refractivity contribution is -0.127. The number of amides is 1. The highest BCUT2D eigenvalue weighted by Crippen LogP contribution is 2.23. The van der Waals surface area contributed by atoms with E-state index in [1.807, 2.05) is 33.9 Å². The molecule has 5 N–H and O–H groups in total. The molecule has 0 aliphatic carbocycles. The number of H-pyrrole nitrogens is 1. The number of nitrogens with two attached hydrogens (primary N) is 1. The summed E-state index contributed by atoms with van der Waals surface area (Å²) in [7, 11) is 0. The Hall–Kier alpha value is -1.95. The molecule has 1 aromatic rings. The fourth-order valence-electron chi connectivity index (χ4n) is 4.99. The number of rotatable bonds is 16. The van der Waals surface area contributed by atoms with Gasteiger partial charge in [-0.25, -0.2) is 4.98 Å². The zero-order chi connectivity index (χ0) is 34.1. The van der Waals surface area contributed by atoms with Crippen molar-refractivity contribution in [3.63, 3.8) is 0 Å². The van der Waals surface area contributed by atoms with Crippen molar-refractivity contribution in [3.8, 4) is 0 Å². The smallest absolute Gasteiger partial charge is 0.223 e. The van der Waals surface area contributed by atoms with Crippen molar-refractivity contribution in [3.05, 3.63) is 28.9 Å². The Morgan fingerprint density at radius 2 is 1.59 bits per heavy atom. The predicted octanol–water partition coefficient (Wildman–Crippen LogP) is 10.9. The summed E-state index contributed by atoms with van der Waals surface area (Å²) in [4.78, 5) is 19.1. The molecule has 1 saturated heterocycles. The highest BCUT2D eigenvalue weighted by Gasteiger charge is 2.27. The minimum absolute atomic E-state index is 0.00847. The van der Waals surface area contributed by atoms with Crippen molar-refractivity contribution >= 4 is 11.6 Å². The van der Waals surface area contributed by atoms with Crippen molar-refractivity contribution < 1.29 is 4.79 Å². The summed E-state index contributed by atoms with van der Waals surface area (Å²) >= 11 is 0. The Balaban J connectivity index is 0. The molecule has 6 heteroatoms. The number of hydrogen-bond acceptors (Lipinski definition) is 4. The molecule has 0 spiro atoms. The second kappa shape index (κ2) is 27.4. The summed E-state index contributed by atoms with van der Waals surface area (Å²) in [6, 6.07) is 0.121. The maximum Gasteiger partial charge on any atom is 0.223 e. The van der Waals surface area contributed by atoms with Gasteiger partial charge in [-0.2, -0.15) is 0 Å². The maximum atomic E-state index is 11.7. The first-order valence-electron chi connectivity index (χ1n) is 18.2. The number of aromatic amines is 1. The fraction of sp³-hybridized carbons (Fsp3) is 0.816. The average Bonchev–Trinajstić information content (AvgIpc) is 3.47. The molecule has 2 heterocycles. The van der Waals surface area contributed by atoms with Gasteiger partial charge in [0.25, 0.3) is 0 Å². The molecule has 0 bridgehead atoms. The Morgan fingerprint density at radius 3 is 2.09 bits per heavy atom. The average molecular weight is 618 g/mol. The number of hydrogen-bond donors (Lipinski definition) is 4. The zero-order valence-corrected chi connectivity index (χ0v) is 31.3. The van der Waals surface area contributed by atoms with Gasteiger partial charge in [-0.1, -0.05) is 126 Å². The van der Waals surface area contributed by atoms with E-state index in [4.69, 9.17) is 11.1 Å². The van der Waals surface area contributed by atoms with Gasteiger partial charge in [0, 0.05) is 36.8 Å². The molecule has 1 aromatic heterocycles. The van der Waals surface area contributed by atoms with Crippen LogP contribution in [0.15, 0.2) is 17.3 Å². The zero-order valence-electron chi connectivity index (χ0n) is 31.3. The van der Waals surface area contributed by atoms with E-state index >= 15 is 0 Å². The van der Waals surface area contributed by atoms with Crippen LogP contribution in [-0.2, 0) is 4.79 Å². The van der Waals surface area contributed by atoms with Gasteiger partial charge in [0.2, 0.25) is 5.91 Å². The molecule has 258 valence electrons. The van der Waals surface area contributed by atoms with E-state index in [0.29, 0.717) is 18.1 Å². The Morgan fingerprint density at radius 1 is 1.00 bits per heavy atom. The lowest BCUT2D eigenvalue weighted by Gasteiger charge is -2.27. The number of carbonyl (C=O) groups is 1. The van der Waals surface area contributed by atoms with Crippen LogP contribution in [-0.4, -0.2) is 28.1 Å². The summed E-state index contributed by atoms with van der Waals surface area (Å²) in [5.41, 5.74) is 10.1. The lowest BCUT2D eigenvalue weighted by atomic mass is 9.85. The first-order valence-corrected chi connectivity index (χ1v) is 18.2. The lowest BCUT2D eigenvalue weighted by Crippen LogP contribution is -2.41. The third-order valence-corrected chi connectivity index (χ3v) is 9.03. The maximum absolute atomic E-state index is 11.7. The highest BCUT2D eigenvalue weighted by molar-refractivity contribution is 6.00. The molecule has 0 saturated carbocycles. The Labute approximate surface area is 274 Å². The number of unbranched alkanes of at least 4 members (excludes halogenated alkanes) is 3. The monoisotopic (exact) mass is 618 g/mol. The molecule has 0 aromatic carbocycles. The number of piperidine rings is 1. The highest BCUT2D eigenvalue weighted by atomic mass is 16.1. The minimum Gasteiger partial charge on any atom is -0.356 e. The molecule has 1 aliphatic heterocycles. The van der Waals surface area contributed by atoms with E-state index in [1.165, 1.54) is 63.4 Å². The molecule has 1 fully saturated rings. The molecule has 6 nitrogen and oxygen atoms in total. The van der Waals surface area contributed by atoms with Gasteiger partial charge in [-0.05, 0) is 63.4 Å². The minimum atomic E-state index is -0.00847. The van der Waals surface area contributed by atoms with Crippen LogP contribution in [0.5, 0.6) is 0 Å². The standard InChI is InChI=1S/C14H24N2O.C12H23N3.C10H22.C2H6/c1-5-10(3)11(4)13(15)7-12-6-9(2)8-16-14(12)17;1-4-9(2)6-5-7-11(13)12-8-14-10(3)15-12;1-4-6-7-8-9-10(3)5-2;1-2/h9,12,15H,5-8H2,1-4H3,(H,16,17);8-9,11H,4-7,13H2,1-3H3,(H,14,15);10H,4-9H2,1-3H3;1-2H3. The largest absolute Gasteiger partial charge is 0.356 e. The van der Waals surface area contributed by atoms with Crippen molar-refractivity contribution in [2.45, 2.75) is 173 Å². The van der Waals surface area contributed by atoms with Crippen LogP contribution < -0.4 is 11.1 Å². The first kappa shape index (κ1) is 44.2. The van der Waals surface area contributed by atoms with E-state index < -0.39 is 0 Å². The van der Waals surface area contributed by atoms with Crippen LogP contribution >= 0.6 is 0 Å². The number of carbonyl (C=O) groups excluding carboxylic acids is 1. The third kappa shape index (κ3) is 20.9. The van der Waals surface area contributed by atoms with E-state index in [9.17, 15) is 4.79 Å². The van der Waals surface area contributed by atoms with E-state index in [0.717, 1.165) is 54.7 Å². The number of nitrogens with one attached hydrogen (secondary N) is 3. The molecule has 1 aliphatic rings. The predicted molar refractivity (Wildman–Crippen MR) is 194 cm³/mol. The van der Waals surface area contributed by atoms with Gasteiger partial charge in [0.1, 0.15) is 5.82 Å². The van der Waals surface area contributed by atoms with Gasteiger partial charge in [0.15, 0.2) is 0 Å². The number of nitrogens with zero attached hydrogens (tertiary/aromatic N) is 1. The Kier molecular flexibility index (Phi) is 27.5. The van der Waals surface area contributed by atoms with Crippen LogP contribution in [0, 0.1) is 36.0 Å². The third-order valence-electron chi connectivity index (χ3n) is 9.03. The van der Waals surface area contributed by atoms with Crippen LogP contribution in [0.1, 0.15) is 177 Å². The Bertz CT molecular complexity index is 890. The van der Waals surface area contributed by atoms with E-state index in [-0.39, 0.29) is 17.9 Å². The molecule has 1 amide bonds. The van der Waals surface area contributed by atoms with Gasteiger partial charge in [-0.3, -0.25) is 4.79 Å². The second-order valence-electron chi connectivity index (χ2n) is 13.1. The number of aromatic nitrogens is 2. The molecule has 0 radical (unpaired) electrons. The quantitative estimate of drug-likeness (QED) is 0.109. The summed E-state index contributed by atoms with van der Waals surface area (Å²) in [5.74, 6) is 3.36. The van der Waals surface area contributed by atoms with Crippen molar-refractivity contribution in [2.24, 2.45) is 29.4 Å². The summed E-state index contributed by atoms with van der Waals surface area (Å²) in [6.07, 6.45) is 17.6. The van der Waals surface area contributed by atoms with Gasteiger partial charge in [-0.15, -0.1) is 0 Å². The molecular weight excluding hydrogens is 542 g/mol. The molecular formula is C38H75N5O. The summed E-state index contributed by atoms with van der Waals surface area (Å²) in [5, 5.41) is 11.0. The fourth-order valence-corrected chi connectivity index (χ4v) is 4.99. The second-order valence-corrected chi connectivity index (χ2v) is 13.1. The van der Waals surface area contributed by atoms with Gasteiger partial charge < -0.3 is 21.4 Å². The number of aryl methyl sites for hydroxylation is 1. The first-order chi connectivity index (χ1) is 20.9. The summed E-state index contributed by atoms with van der Waals surface area (Å²) in [6.45, 7) is 26.5. The van der Waals surface area contributed by atoms with Crippen LogP contribution in [0.3, 0.4) is 0 Å². The number of allylic oxidation sites excluding steroid dienone is 2. The van der Waals surface area contributed by atoms with Crippen LogP contribution in [0.4, 0.5) is 0 Å². The van der Waals surface area contributed by atoms with Crippen molar-refractivity contribution in [1.82, 2.24) is 15.3 Å². The summed E-state index contributed by atoms with van der Waals surface area (Å²) < 4.78 is 0. The van der Waals surface area contributed by atoms with E-state index in [1.54, 1.807) is 0 Å². The van der Waals surface area contributed by atoms with Crippen LogP contribution in [0.25, 0.3) is 0 Å². The SMILES string of the molecule is CC.CCC(C)=C(C)C(=N)CC1CC(C)CNC1=O.CCC(C)CCCC(N)c1cnc(C)[nH]1.CCCCCCC(C)CC. The van der Waals surface area contributed by atoms with Crippen molar-refractivity contribution in [1.29, 1.82) is 5.41 Å². The van der Waals surface area contributed by atoms with Crippen LogP contribution in [0.2, 0.25) is 0 Å². The molecule has 5 atom stereocenters. The van der Waals surface area contributed by atoms with Crippen molar-refractivity contribution in [2.75, 3.05) is 6.54 Å². The topological polar surface area (TPSA) is 108 Å². The van der Waals surface area contributed by atoms with Gasteiger partial charge >= 0.3 is 0 Å². The molecule has 2 rings (SSSR count). The normalized spacial score (nSPS) is 18.5.